The van der Waals surface area contributed by atoms with Crippen molar-refractivity contribution in [1.82, 2.24) is 10.6 Å². The van der Waals surface area contributed by atoms with Crippen LogP contribution in [0, 0.1) is 0 Å². The predicted molar refractivity (Wildman–Crippen MR) is 60.4 cm³/mol. The highest BCUT2D eigenvalue weighted by atomic mass is 16.5. The minimum absolute atomic E-state index is 0.172. The molecule has 2 aliphatic rings. The Labute approximate surface area is 100 Å². The molecular weight excluding hydrogens is 224 g/mol. The first kappa shape index (κ1) is 12.8. The number of aliphatic hydroxyl groups is 2. The molecule has 0 saturated carbocycles. The summed E-state index contributed by atoms with van der Waals surface area (Å²) >= 11 is 0. The van der Waals surface area contributed by atoms with Gasteiger partial charge in [-0.2, -0.15) is 0 Å². The maximum atomic E-state index is 11.8. The lowest BCUT2D eigenvalue weighted by Crippen LogP contribution is -2.51. The van der Waals surface area contributed by atoms with E-state index in [1.54, 1.807) is 6.92 Å². The molecule has 0 spiro atoms. The van der Waals surface area contributed by atoms with Crippen LogP contribution >= 0.6 is 0 Å². The van der Waals surface area contributed by atoms with E-state index in [0.29, 0.717) is 26.0 Å². The van der Waals surface area contributed by atoms with Gasteiger partial charge in [0.2, 0.25) is 5.91 Å². The molecule has 1 amide bonds. The Bertz CT molecular complexity index is 299. The van der Waals surface area contributed by atoms with Gasteiger partial charge >= 0.3 is 0 Å². The second-order valence-electron chi connectivity index (χ2n) is 4.93. The third-order valence-electron chi connectivity index (χ3n) is 3.65. The van der Waals surface area contributed by atoms with Gasteiger partial charge in [0.1, 0.15) is 5.60 Å². The number of amides is 1. The Hall–Kier alpha value is -0.690. The highest BCUT2D eigenvalue weighted by Crippen LogP contribution is 2.24. The van der Waals surface area contributed by atoms with Crippen molar-refractivity contribution in [2.75, 3.05) is 19.7 Å². The highest BCUT2D eigenvalue weighted by molar-refractivity contribution is 5.82. The van der Waals surface area contributed by atoms with Gasteiger partial charge in [0, 0.05) is 26.1 Å². The van der Waals surface area contributed by atoms with E-state index in [0.717, 1.165) is 0 Å². The van der Waals surface area contributed by atoms with Gasteiger partial charge in [0.25, 0.3) is 0 Å². The molecule has 0 aliphatic carbocycles. The van der Waals surface area contributed by atoms with E-state index in [-0.39, 0.29) is 24.6 Å². The lowest BCUT2D eigenvalue weighted by Gasteiger charge is -2.26. The summed E-state index contributed by atoms with van der Waals surface area (Å²) < 4.78 is 5.29. The predicted octanol–water partition coefficient (Wildman–Crippen LogP) is -1.63. The van der Waals surface area contributed by atoms with Gasteiger partial charge in [0.05, 0.1) is 18.2 Å². The second-order valence-corrected chi connectivity index (χ2v) is 4.93. The molecule has 2 rings (SSSR count). The molecule has 6 nitrogen and oxygen atoms in total. The van der Waals surface area contributed by atoms with Gasteiger partial charge in [-0.3, -0.25) is 4.79 Å². The molecule has 0 aromatic rings. The summed E-state index contributed by atoms with van der Waals surface area (Å²) in [5.74, 6) is -0.172. The summed E-state index contributed by atoms with van der Waals surface area (Å²) in [7, 11) is 0. The molecule has 2 fully saturated rings. The molecule has 0 aromatic heterocycles. The molecule has 98 valence electrons. The number of ether oxygens (including phenoxy) is 1. The molecule has 4 atom stereocenters. The van der Waals surface area contributed by atoms with Crippen molar-refractivity contribution in [2.24, 2.45) is 0 Å². The van der Waals surface area contributed by atoms with Crippen LogP contribution in [0.3, 0.4) is 0 Å². The number of rotatable bonds is 3. The minimum atomic E-state index is -0.965. The van der Waals surface area contributed by atoms with Gasteiger partial charge in [-0.25, -0.2) is 0 Å². The summed E-state index contributed by atoms with van der Waals surface area (Å²) in [5.41, 5.74) is -0.965. The van der Waals surface area contributed by atoms with Crippen LogP contribution < -0.4 is 10.6 Å². The Morgan fingerprint density at radius 3 is 2.94 bits per heavy atom. The highest BCUT2D eigenvalue weighted by Gasteiger charge is 2.40. The minimum Gasteiger partial charge on any atom is -0.392 e. The van der Waals surface area contributed by atoms with Crippen molar-refractivity contribution in [3.05, 3.63) is 0 Å². The smallest absolute Gasteiger partial charge is 0.237 e. The number of nitrogens with one attached hydrogen (secondary N) is 2. The number of β-amino-alcohol motifs (C(OH)–C–C–N with tert-alkyl or cyclic N) is 1. The fourth-order valence-corrected chi connectivity index (χ4v) is 2.28. The van der Waals surface area contributed by atoms with Crippen LogP contribution in [0.4, 0.5) is 0 Å². The van der Waals surface area contributed by atoms with Crippen LogP contribution in [-0.4, -0.2) is 59.7 Å². The summed E-state index contributed by atoms with van der Waals surface area (Å²) in [6, 6.07) is -0.355. The molecule has 0 radical (unpaired) electrons. The number of hydrogen-bond donors (Lipinski definition) is 4. The quantitative estimate of drug-likeness (QED) is 0.478. The average Bonchev–Trinajstić information content (AvgIpc) is 2.84. The van der Waals surface area contributed by atoms with Crippen LogP contribution in [0.1, 0.15) is 19.8 Å². The van der Waals surface area contributed by atoms with E-state index in [1.807, 2.05) is 0 Å². The van der Waals surface area contributed by atoms with Crippen LogP contribution in [0.15, 0.2) is 0 Å². The topological polar surface area (TPSA) is 90.8 Å². The maximum absolute atomic E-state index is 11.8. The fourth-order valence-electron chi connectivity index (χ4n) is 2.28. The Morgan fingerprint density at radius 2 is 2.41 bits per heavy atom. The van der Waals surface area contributed by atoms with Gasteiger partial charge < -0.3 is 25.6 Å². The normalized spacial score (nSPS) is 41.7. The van der Waals surface area contributed by atoms with Crippen molar-refractivity contribution in [3.63, 3.8) is 0 Å². The maximum Gasteiger partial charge on any atom is 0.237 e. The molecular formula is C11H20N2O4. The molecule has 2 aliphatic heterocycles. The van der Waals surface area contributed by atoms with Crippen LogP contribution in [0.5, 0.6) is 0 Å². The number of carbonyl (C=O) groups is 1. The Kier molecular flexibility index (Phi) is 3.67. The van der Waals surface area contributed by atoms with E-state index in [2.05, 4.69) is 10.6 Å². The van der Waals surface area contributed by atoms with Crippen molar-refractivity contribution < 1.29 is 19.7 Å². The summed E-state index contributed by atoms with van der Waals surface area (Å²) in [6.45, 7) is 2.97. The van der Waals surface area contributed by atoms with Gasteiger partial charge in [0.15, 0.2) is 0 Å². The van der Waals surface area contributed by atoms with Gasteiger partial charge in [-0.15, -0.1) is 0 Å². The standard InChI is InChI=1S/C11H20N2O4/c1-7-11(16,2-3-17-7)6-13-10(15)9-4-8(14)5-12-9/h7-9,12,14,16H,2-6H2,1H3,(H,13,15). The first-order chi connectivity index (χ1) is 8.01. The zero-order valence-corrected chi connectivity index (χ0v) is 9.98. The SMILES string of the molecule is CC1OCCC1(O)CNC(=O)C1CC(O)CN1. The molecule has 2 saturated heterocycles. The molecule has 4 unspecified atom stereocenters. The van der Waals surface area contributed by atoms with E-state index < -0.39 is 11.7 Å². The van der Waals surface area contributed by atoms with Crippen LogP contribution in [0.25, 0.3) is 0 Å². The van der Waals surface area contributed by atoms with Gasteiger partial charge in [-0.05, 0) is 13.3 Å². The van der Waals surface area contributed by atoms with Crippen molar-refractivity contribution >= 4 is 5.91 Å². The average molecular weight is 244 g/mol. The van der Waals surface area contributed by atoms with Crippen molar-refractivity contribution in [3.8, 4) is 0 Å². The summed E-state index contributed by atoms with van der Waals surface area (Å²) in [5, 5.41) is 25.1. The third-order valence-corrected chi connectivity index (χ3v) is 3.65. The van der Waals surface area contributed by atoms with Crippen molar-refractivity contribution in [1.29, 1.82) is 0 Å². The zero-order valence-electron chi connectivity index (χ0n) is 9.98. The first-order valence-electron chi connectivity index (χ1n) is 6.04. The fraction of sp³-hybridized carbons (Fsp3) is 0.909. The van der Waals surface area contributed by atoms with E-state index in [1.165, 1.54) is 0 Å². The van der Waals surface area contributed by atoms with Crippen molar-refractivity contribution in [2.45, 2.75) is 43.6 Å². The Balaban J connectivity index is 1.80. The summed E-state index contributed by atoms with van der Waals surface area (Å²) in [4.78, 5) is 11.8. The molecule has 0 bridgehead atoms. The van der Waals surface area contributed by atoms with Gasteiger partial charge in [-0.1, -0.05) is 0 Å². The molecule has 17 heavy (non-hydrogen) atoms. The molecule has 6 heteroatoms. The van der Waals surface area contributed by atoms with Crippen LogP contribution in [-0.2, 0) is 9.53 Å². The lowest BCUT2D eigenvalue weighted by atomic mass is 9.96. The largest absolute Gasteiger partial charge is 0.392 e. The second kappa shape index (κ2) is 4.89. The first-order valence-corrected chi connectivity index (χ1v) is 6.04. The number of hydrogen-bond acceptors (Lipinski definition) is 5. The number of aliphatic hydroxyl groups excluding tert-OH is 1. The monoisotopic (exact) mass is 244 g/mol. The zero-order chi connectivity index (χ0) is 12.5. The van der Waals surface area contributed by atoms with E-state index in [4.69, 9.17) is 4.74 Å². The Morgan fingerprint density at radius 1 is 1.65 bits per heavy atom. The van der Waals surface area contributed by atoms with E-state index in [9.17, 15) is 15.0 Å². The number of carbonyl (C=O) groups excluding carboxylic acids is 1. The van der Waals surface area contributed by atoms with Crippen LogP contribution in [0.2, 0.25) is 0 Å². The third kappa shape index (κ3) is 2.77. The van der Waals surface area contributed by atoms with E-state index >= 15 is 0 Å². The molecule has 2 heterocycles. The molecule has 0 aromatic carbocycles. The lowest BCUT2D eigenvalue weighted by molar-refractivity contribution is -0.124. The molecule has 4 N–H and O–H groups in total. The summed E-state index contributed by atoms with van der Waals surface area (Å²) in [6.07, 6.45) is 0.248.